The van der Waals surface area contributed by atoms with Crippen LogP contribution in [0.1, 0.15) is 5.56 Å². The molecule has 0 aliphatic carbocycles. The molecule has 11 heteroatoms. The van der Waals surface area contributed by atoms with Gasteiger partial charge in [0.2, 0.25) is 0 Å². The van der Waals surface area contributed by atoms with Gasteiger partial charge in [-0.25, -0.2) is 14.4 Å². The van der Waals surface area contributed by atoms with Crippen molar-refractivity contribution in [1.29, 1.82) is 0 Å². The van der Waals surface area contributed by atoms with Crippen molar-refractivity contribution in [3.8, 4) is 11.5 Å². The summed E-state index contributed by atoms with van der Waals surface area (Å²) in [6.07, 6.45) is -7.65. The number of methoxy groups -OCH3 is 1. The second kappa shape index (κ2) is 9.52. The SMILES string of the molecule is COc1cc(/C=C/C(=O)O[C@@H]([C@H](O)[C@@H](O)C(=O)O)[C@H](O)C(=O)O)ccc1O. The maximum Gasteiger partial charge on any atom is 0.336 e. The maximum absolute atomic E-state index is 11.8. The number of aromatic hydroxyl groups is 1. The number of carbonyl (C=O) groups excluding carboxylic acids is 1. The number of aliphatic carboxylic acids is 2. The first kappa shape index (κ1) is 21.9. The summed E-state index contributed by atoms with van der Waals surface area (Å²) >= 11 is 0. The lowest BCUT2D eigenvalue weighted by Crippen LogP contribution is -2.52. The molecule has 0 radical (unpaired) electrons. The van der Waals surface area contributed by atoms with Crippen molar-refractivity contribution in [3.63, 3.8) is 0 Å². The molecule has 11 nitrogen and oxygen atoms in total. The number of esters is 1. The Kier molecular flexibility index (Phi) is 7.72. The van der Waals surface area contributed by atoms with Crippen LogP contribution in [0.15, 0.2) is 24.3 Å². The van der Waals surface area contributed by atoms with E-state index in [0.29, 0.717) is 5.56 Å². The Morgan fingerprint density at radius 2 is 1.63 bits per heavy atom. The molecule has 0 aromatic heterocycles. The largest absolute Gasteiger partial charge is 0.504 e. The molecule has 0 aliphatic rings. The molecule has 0 spiro atoms. The lowest BCUT2D eigenvalue weighted by molar-refractivity contribution is -0.184. The normalized spacial score (nSPS) is 15.6. The molecule has 0 unspecified atom stereocenters. The molecule has 0 fully saturated rings. The quantitative estimate of drug-likeness (QED) is 0.215. The summed E-state index contributed by atoms with van der Waals surface area (Å²) in [5.41, 5.74) is 0.378. The molecule has 1 rings (SSSR count). The van der Waals surface area contributed by atoms with Gasteiger partial charge >= 0.3 is 17.9 Å². The van der Waals surface area contributed by atoms with Crippen LogP contribution in [-0.4, -0.2) is 80.1 Å². The third-order valence-electron chi connectivity index (χ3n) is 3.35. The number of rotatable bonds is 9. The number of phenolic OH excluding ortho intramolecular Hbond substituents is 1. The zero-order valence-electron chi connectivity index (χ0n) is 13.9. The molecule has 148 valence electrons. The van der Waals surface area contributed by atoms with Crippen molar-refractivity contribution < 1.29 is 54.5 Å². The molecule has 6 N–H and O–H groups in total. The zero-order chi connectivity index (χ0) is 20.7. The predicted octanol–water partition coefficient (Wildman–Crippen LogP) is -1.42. The van der Waals surface area contributed by atoms with Crippen LogP contribution in [0.5, 0.6) is 11.5 Å². The molecule has 0 aliphatic heterocycles. The first-order valence-corrected chi connectivity index (χ1v) is 7.34. The number of carbonyl (C=O) groups is 3. The van der Waals surface area contributed by atoms with Gasteiger partial charge in [0.25, 0.3) is 0 Å². The number of hydrogen-bond acceptors (Lipinski definition) is 9. The summed E-state index contributed by atoms with van der Waals surface area (Å²) in [5, 5.41) is 55.4. The first-order valence-electron chi connectivity index (χ1n) is 7.34. The van der Waals surface area contributed by atoms with Crippen molar-refractivity contribution >= 4 is 24.0 Å². The van der Waals surface area contributed by atoms with Crippen molar-refractivity contribution in [2.24, 2.45) is 0 Å². The number of benzene rings is 1. The van der Waals surface area contributed by atoms with E-state index in [2.05, 4.69) is 4.74 Å². The van der Waals surface area contributed by atoms with Crippen LogP contribution in [0.25, 0.3) is 6.08 Å². The van der Waals surface area contributed by atoms with E-state index in [4.69, 9.17) is 14.9 Å². The first-order chi connectivity index (χ1) is 12.6. The van der Waals surface area contributed by atoms with Gasteiger partial charge in [0, 0.05) is 6.08 Å². The summed E-state index contributed by atoms with van der Waals surface area (Å²) in [6.45, 7) is 0. The average molecular weight is 386 g/mol. The van der Waals surface area contributed by atoms with Gasteiger partial charge in [-0.05, 0) is 23.8 Å². The third-order valence-corrected chi connectivity index (χ3v) is 3.35. The van der Waals surface area contributed by atoms with Crippen LogP contribution in [0.4, 0.5) is 0 Å². The van der Waals surface area contributed by atoms with E-state index in [9.17, 15) is 34.8 Å². The second-order valence-corrected chi connectivity index (χ2v) is 5.22. The van der Waals surface area contributed by atoms with E-state index in [0.717, 1.165) is 6.08 Å². The molecule has 27 heavy (non-hydrogen) atoms. The molecule has 1 aromatic carbocycles. The van der Waals surface area contributed by atoms with Crippen molar-refractivity contribution in [3.05, 3.63) is 29.8 Å². The summed E-state index contributed by atoms with van der Waals surface area (Å²) < 4.78 is 9.48. The fraction of sp³-hybridized carbons (Fsp3) is 0.312. The van der Waals surface area contributed by atoms with Gasteiger partial charge < -0.3 is 40.1 Å². The third kappa shape index (κ3) is 5.95. The number of aliphatic hydroxyl groups excluding tert-OH is 3. The van der Waals surface area contributed by atoms with Gasteiger partial charge in [-0.3, -0.25) is 0 Å². The van der Waals surface area contributed by atoms with E-state index >= 15 is 0 Å². The Morgan fingerprint density at radius 1 is 1.04 bits per heavy atom. The highest BCUT2D eigenvalue weighted by atomic mass is 16.6. The standard InChI is InChI=1S/C16H18O11/c1-26-9-6-7(2-4-8(9)17)3-5-10(18)27-14(13(21)16(24)25)11(19)12(20)15(22)23/h2-6,11-14,17,19-21H,1H3,(H,22,23)(H,24,25)/b5-3+/t11-,12-,13+,14+/m1/s1. The van der Waals surface area contributed by atoms with Crippen LogP contribution in [0, 0.1) is 0 Å². The van der Waals surface area contributed by atoms with Gasteiger partial charge in [0.05, 0.1) is 7.11 Å². The molecular formula is C16H18O11. The van der Waals surface area contributed by atoms with Crippen molar-refractivity contribution in [2.45, 2.75) is 24.4 Å². The Morgan fingerprint density at radius 3 is 2.15 bits per heavy atom. The number of hydrogen-bond donors (Lipinski definition) is 6. The van der Waals surface area contributed by atoms with E-state index in [1.54, 1.807) is 0 Å². The zero-order valence-corrected chi connectivity index (χ0v) is 13.9. The Hall–Kier alpha value is -3.15. The summed E-state index contributed by atoms with van der Waals surface area (Å²) in [5.74, 6) is -5.08. The van der Waals surface area contributed by atoms with Gasteiger partial charge in [-0.1, -0.05) is 6.07 Å². The maximum atomic E-state index is 11.8. The molecular weight excluding hydrogens is 368 g/mol. The second-order valence-electron chi connectivity index (χ2n) is 5.22. The van der Waals surface area contributed by atoms with Gasteiger partial charge in [0.15, 0.2) is 29.8 Å². The number of carboxylic acid groups (broad SMARTS) is 2. The molecule has 0 heterocycles. The number of carboxylic acids is 2. The van der Waals surface area contributed by atoms with Crippen LogP contribution < -0.4 is 4.74 Å². The molecule has 4 atom stereocenters. The Balaban J connectivity index is 2.95. The highest BCUT2D eigenvalue weighted by molar-refractivity contribution is 5.88. The number of ether oxygens (including phenoxy) is 2. The molecule has 0 bridgehead atoms. The fourth-order valence-corrected chi connectivity index (χ4v) is 1.92. The van der Waals surface area contributed by atoms with Gasteiger partial charge in [0.1, 0.15) is 6.10 Å². The van der Waals surface area contributed by atoms with Gasteiger partial charge in [-0.15, -0.1) is 0 Å². The van der Waals surface area contributed by atoms with E-state index < -0.39 is 42.3 Å². The van der Waals surface area contributed by atoms with Crippen LogP contribution >= 0.6 is 0 Å². The lowest BCUT2D eigenvalue weighted by atomic mass is 10.0. The minimum atomic E-state index is -2.50. The van der Waals surface area contributed by atoms with Crippen LogP contribution in [0.2, 0.25) is 0 Å². The highest BCUT2D eigenvalue weighted by Crippen LogP contribution is 2.26. The van der Waals surface area contributed by atoms with Gasteiger partial charge in [-0.2, -0.15) is 0 Å². The highest BCUT2D eigenvalue weighted by Gasteiger charge is 2.41. The number of aliphatic hydroxyl groups is 3. The summed E-state index contributed by atoms with van der Waals surface area (Å²) in [6, 6.07) is 4.06. The van der Waals surface area contributed by atoms with E-state index in [1.807, 2.05) is 0 Å². The Labute approximate surface area is 152 Å². The van der Waals surface area contributed by atoms with E-state index in [-0.39, 0.29) is 11.5 Å². The van der Waals surface area contributed by atoms with E-state index in [1.165, 1.54) is 31.4 Å². The minimum absolute atomic E-state index is 0.115. The smallest absolute Gasteiger partial charge is 0.336 e. The molecule has 0 saturated heterocycles. The average Bonchev–Trinajstić information content (AvgIpc) is 2.63. The topological polar surface area (TPSA) is 191 Å². The summed E-state index contributed by atoms with van der Waals surface area (Å²) in [7, 11) is 1.31. The van der Waals surface area contributed by atoms with Crippen molar-refractivity contribution in [1.82, 2.24) is 0 Å². The lowest BCUT2D eigenvalue weighted by Gasteiger charge is -2.26. The molecule has 1 aromatic rings. The fourth-order valence-electron chi connectivity index (χ4n) is 1.92. The predicted molar refractivity (Wildman–Crippen MR) is 86.9 cm³/mol. The minimum Gasteiger partial charge on any atom is -0.504 e. The summed E-state index contributed by atoms with van der Waals surface area (Å²) in [4.78, 5) is 33.4. The number of phenols is 1. The molecule has 0 amide bonds. The molecule has 0 saturated carbocycles. The van der Waals surface area contributed by atoms with Crippen LogP contribution in [0.3, 0.4) is 0 Å². The van der Waals surface area contributed by atoms with Crippen LogP contribution in [-0.2, 0) is 19.1 Å². The van der Waals surface area contributed by atoms with Crippen molar-refractivity contribution in [2.75, 3.05) is 7.11 Å². The monoisotopic (exact) mass is 386 g/mol. The Bertz CT molecular complexity index is 727.